The summed E-state index contributed by atoms with van der Waals surface area (Å²) in [5, 5.41) is 9.82. The number of rotatable bonds is 8. The van der Waals surface area contributed by atoms with Gasteiger partial charge < -0.3 is 33.9 Å². The fourth-order valence-electron chi connectivity index (χ4n) is 3.74. The standard InChI is InChI=1S/C23H28N2O7/c1-15(26)25(14-16-11-20(29-2)22(31-4)21(12-16)30-3)17-5-6-19(18(13-17)23(27)28)24-7-9-32-10-8-24/h5-6,11-13H,7-10,14H2,1-4H3,(H,27,28). The minimum absolute atomic E-state index is 0.139. The number of hydrogen-bond donors (Lipinski definition) is 1. The van der Waals surface area contributed by atoms with Crippen LogP contribution in [-0.2, 0) is 16.1 Å². The molecule has 172 valence electrons. The van der Waals surface area contributed by atoms with Crippen LogP contribution in [0.4, 0.5) is 11.4 Å². The van der Waals surface area contributed by atoms with Gasteiger partial charge in [-0.25, -0.2) is 4.79 Å². The van der Waals surface area contributed by atoms with Crippen LogP contribution >= 0.6 is 0 Å². The molecule has 1 heterocycles. The van der Waals surface area contributed by atoms with E-state index in [0.717, 1.165) is 5.56 Å². The van der Waals surface area contributed by atoms with Crippen LogP contribution in [0.2, 0.25) is 0 Å². The fourth-order valence-corrected chi connectivity index (χ4v) is 3.74. The molecule has 0 atom stereocenters. The molecule has 1 fully saturated rings. The topological polar surface area (TPSA) is 97.8 Å². The first-order chi connectivity index (χ1) is 15.4. The van der Waals surface area contributed by atoms with Crippen LogP contribution in [0.1, 0.15) is 22.8 Å². The Morgan fingerprint density at radius 1 is 1.03 bits per heavy atom. The first-order valence-corrected chi connectivity index (χ1v) is 10.2. The van der Waals surface area contributed by atoms with E-state index in [1.54, 1.807) is 24.3 Å². The van der Waals surface area contributed by atoms with Crippen LogP contribution in [0.15, 0.2) is 30.3 Å². The Morgan fingerprint density at radius 2 is 1.66 bits per heavy atom. The van der Waals surface area contributed by atoms with Crippen molar-refractivity contribution >= 4 is 23.3 Å². The zero-order valence-electron chi connectivity index (χ0n) is 18.7. The van der Waals surface area contributed by atoms with E-state index in [-0.39, 0.29) is 18.0 Å². The summed E-state index contributed by atoms with van der Waals surface area (Å²) in [5.41, 5.74) is 1.98. The van der Waals surface area contributed by atoms with Gasteiger partial charge in [-0.2, -0.15) is 0 Å². The Kier molecular flexibility index (Phi) is 7.42. The number of amides is 1. The molecule has 1 aliphatic heterocycles. The predicted octanol–water partition coefficient (Wildman–Crippen LogP) is 2.80. The Balaban J connectivity index is 1.98. The Hall–Kier alpha value is -3.46. The second-order valence-electron chi connectivity index (χ2n) is 7.24. The number of nitrogens with zero attached hydrogens (tertiary/aromatic N) is 2. The summed E-state index contributed by atoms with van der Waals surface area (Å²) in [7, 11) is 4.56. The van der Waals surface area contributed by atoms with Gasteiger partial charge in [-0.05, 0) is 35.9 Å². The smallest absolute Gasteiger partial charge is 0.337 e. The first kappa shape index (κ1) is 23.2. The van der Waals surface area contributed by atoms with Gasteiger partial charge in [-0.1, -0.05) is 0 Å². The Bertz CT molecular complexity index is 961. The zero-order valence-corrected chi connectivity index (χ0v) is 18.7. The lowest BCUT2D eigenvalue weighted by Gasteiger charge is -2.31. The lowest BCUT2D eigenvalue weighted by molar-refractivity contribution is -0.116. The first-order valence-electron chi connectivity index (χ1n) is 10.2. The van der Waals surface area contributed by atoms with Crippen LogP contribution in [0.3, 0.4) is 0 Å². The number of carbonyl (C=O) groups is 2. The van der Waals surface area contributed by atoms with Gasteiger partial charge in [0.05, 0.1) is 52.3 Å². The summed E-state index contributed by atoms with van der Waals surface area (Å²) in [4.78, 5) is 28.0. The van der Waals surface area contributed by atoms with Gasteiger partial charge in [-0.15, -0.1) is 0 Å². The molecule has 1 amide bonds. The van der Waals surface area contributed by atoms with Crippen molar-refractivity contribution in [3.05, 3.63) is 41.5 Å². The average molecular weight is 444 g/mol. The highest BCUT2D eigenvalue weighted by Gasteiger charge is 2.22. The number of carboxylic acid groups (broad SMARTS) is 1. The van der Waals surface area contributed by atoms with E-state index >= 15 is 0 Å². The minimum atomic E-state index is -1.05. The molecule has 32 heavy (non-hydrogen) atoms. The van der Waals surface area contributed by atoms with E-state index in [9.17, 15) is 14.7 Å². The molecule has 1 aliphatic rings. The Labute approximate surface area is 187 Å². The normalized spacial score (nSPS) is 13.4. The molecule has 1 N–H and O–H groups in total. The van der Waals surface area contributed by atoms with Crippen molar-refractivity contribution in [1.29, 1.82) is 0 Å². The molecule has 0 aliphatic carbocycles. The summed E-state index contributed by atoms with van der Waals surface area (Å²) in [6, 6.07) is 8.56. The van der Waals surface area contributed by atoms with Gasteiger partial charge in [0.25, 0.3) is 0 Å². The van der Waals surface area contributed by atoms with Crippen LogP contribution in [0, 0.1) is 0 Å². The molecule has 0 unspecified atom stereocenters. The van der Waals surface area contributed by atoms with Gasteiger partial charge in [0.15, 0.2) is 11.5 Å². The molecule has 9 nitrogen and oxygen atoms in total. The van der Waals surface area contributed by atoms with E-state index in [1.165, 1.54) is 39.2 Å². The maximum Gasteiger partial charge on any atom is 0.337 e. The number of ether oxygens (including phenoxy) is 4. The highest BCUT2D eigenvalue weighted by atomic mass is 16.5. The molecule has 0 radical (unpaired) electrons. The van der Waals surface area contributed by atoms with Gasteiger partial charge in [0.1, 0.15) is 0 Å². The van der Waals surface area contributed by atoms with Crippen LogP contribution in [0.5, 0.6) is 17.2 Å². The van der Waals surface area contributed by atoms with Gasteiger partial charge >= 0.3 is 5.97 Å². The number of anilines is 2. The van der Waals surface area contributed by atoms with E-state index in [2.05, 4.69) is 0 Å². The maximum absolute atomic E-state index is 12.5. The van der Waals surface area contributed by atoms with Crippen molar-refractivity contribution in [2.75, 3.05) is 57.4 Å². The maximum atomic E-state index is 12.5. The number of benzene rings is 2. The quantitative estimate of drug-likeness (QED) is 0.664. The van der Waals surface area contributed by atoms with Crippen LogP contribution < -0.4 is 24.0 Å². The molecule has 9 heteroatoms. The van der Waals surface area contributed by atoms with Crippen molar-refractivity contribution in [3.63, 3.8) is 0 Å². The third-order valence-corrected chi connectivity index (χ3v) is 5.32. The fraction of sp³-hybridized carbons (Fsp3) is 0.391. The highest BCUT2D eigenvalue weighted by molar-refractivity contribution is 5.98. The zero-order chi connectivity index (χ0) is 23.3. The number of hydrogen-bond acceptors (Lipinski definition) is 7. The van der Waals surface area contributed by atoms with E-state index in [0.29, 0.717) is 54.9 Å². The average Bonchev–Trinajstić information content (AvgIpc) is 2.81. The summed E-state index contributed by atoms with van der Waals surface area (Å²) in [6.45, 7) is 3.95. The molecule has 3 rings (SSSR count). The minimum Gasteiger partial charge on any atom is -0.493 e. The highest BCUT2D eigenvalue weighted by Crippen LogP contribution is 2.39. The van der Waals surface area contributed by atoms with E-state index in [4.69, 9.17) is 18.9 Å². The van der Waals surface area contributed by atoms with E-state index in [1.807, 2.05) is 4.90 Å². The lowest BCUT2D eigenvalue weighted by Crippen LogP contribution is -2.37. The largest absolute Gasteiger partial charge is 0.493 e. The number of carbonyl (C=O) groups excluding carboxylic acids is 1. The van der Waals surface area contributed by atoms with Crippen molar-refractivity contribution in [2.24, 2.45) is 0 Å². The molecular weight excluding hydrogens is 416 g/mol. The lowest BCUT2D eigenvalue weighted by atomic mass is 10.1. The second kappa shape index (κ2) is 10.2. The van der Waals surface area contributed by atoms with Crippen molar-refractivity contribution < 1.29 is 33.6 Å². The second-order valence-corrected chi connectivity index (χ2v) is 7.24. The number of carboxylic acids is 1. The molecule has 1 saturated heterocycles. The molecule has 0 saturated carbocycles. The molecule has 0 spiro atoms. The van der Waals surface area contributed by atoms with Crippen molar-refractivity contribution in [1.82, 2.24) is 0 Å². The third kappa shape index (κ3) is 4.88. The molecular formula is C23H28N2O7. The number of morpholine rings is 1. The number of methoxy groups -OCH3 is 3. The summed E-state index contributed by atoms with van der Waals surface area (Å²) < 4.78 is 21.5. The predicted molar refractivity (Wildman–Crippen MR) is 119 cm³/mol. The number of aromatic carboxylic acids is 1. The summed E-state index contributed by atoms with van der Waals surface area (Å²) in [5.74, 6) is 0.119. The molecule has 0 bridgehead atoms. The van der Waals surface area contributed by atoms with Crippen LogP contribution in [0.25, 0.3) is 0 Å². The molecule has 2 aromatic rings. The van der Waals surface area contributed by atoms with E-state index < -0.39 is 5.97 Å². The van der Waals surface area contributed by atoms with Crippen molar-refractivity contribution in [3.8, 4) is 17.2 Å². The Morgan fingerprint density at radius 3 is 2.16 bits per heavy atom. The monoisotopic (exact) mass is 444 g/mol. The summed E-state index contributed by atoms with van der Waals surface area (Å²) >= 11 is 0. The molecule has 2 aromatic carbocycles. The van der Waals surface area contributed by atoms with Gasteiger partial charge in [-0.3, -0.25) is 4.79 Å². The SMILES string of the molecule is COc1cc(CN(C(C)=O)c2ccc(N3CCOCC3)c(C(=O)O)c2)cc(OC)c1OC. The van der Waals surface area contributed by atoms with Gasteiger partial charge in [0.2, 0.25) is 11.7 Å². The molecule has 0 aromatic heterocycles. The van der Waals surface area contributed by atoms with Gasteiger partial charge in [0, 0.05) is 25.7 Å². The van der Waals surface area contributed by atoms with Crippen molar-refractivity contribution in [2.45, 2.75) is 13.5 Å². The summed E-state index contributed by atoms with van der Waals surface area (Å²) in [6.07, 6.45) is 0. The van der Waals surface area contributed by atoms with Crippen LogP contribution in [-0.4, -0.2) is 64.6 Å². The third-order valence-electron chi connectivity index (χ3n) is 5.32.